The summed E-state index contributed by atoms with van der Waals surface area (Å²) in [7, 11) is 1.65. The predicted molar refractivity (Wildman–Crippen MR) is 47.7 cm³/mol. The molecular formula is C9H17NO2. The standard InChI is InChI=1S/C9H17NO2/c1-6(2)10-8-5-7(3)12-9(8)11-4/h6,8-10H,3,5H2,1-2,4H3. The van der Waals surface area contributed by atoms with Crippen molar-refractivity contribution >= 4 is 0 Å². The van der Waals surface area contributed by atoms with Crippen LogP contribution < -0.4 is 5.32 Å². The lowest BCUT2D eigenvalue weighted by atomic mass is 10.2. The van der Waals surface area contributed by atoms with Crippen LogP contribution in [0.4, 0.5) is 0 Å². The van der Waals surface area contributed by atoms with Crippen molar-refractivity contribution in [2.75, 3.05) is 7.11 Å². The quantitative estimate of drug-likeness (QED) is 0.693. The van der Waals surface area contributed by atoms with Crippen molar-refractivity contribution in [3.05, 3.63) is 12.3 Å². The summed E-state index contributed by atoms with van der Waals surface area (Å²) in [6, 6.07) is 0.699. The van der Waals surface area contributed by atoms with Crippen molar-refractivity contribution in [2.24, 2.45) is 0 Å². The summed E-state index contributed by atoms with van der Waals surface area (Å²) in [5.41, 5.74) is 0. The molecule has 3 nitrogen and oxygen atoms in total. The molecule has 0 bridgehead atoms. The molecule has 0 aromatic carbocycles. The third-order valence-corrected chi connectivity index (χ3v) is 1.84. The minimum absolute atomic E-state index is 0.167. The highest BCUT2D eigenvalue weighted by Crippen LogP contribution is 2.22. The van der Waals surface area contributed by atoms with E-state index in [1.165, 1.54) is 0 Å². The van der Waals surface area contributed by atoms with Gasteiger partial charge in [0.2, 0.25) is 6.29 Å². The van der Waals surface area contributed by atoms with Crippen LogP contribution in [-0.2, 0) is 9.47 Å². The van der Waals surface area contributed by atoms with E-state index in [1.54, 1.807) is 7.11 Å². The van der Waals surface area contributed by atoms with E-state index in [4.69, 9.17) is 9.47 Å². The highest BCUT2D eigenvalue weighted by atomic mass is 16.7. The zero-order chi connectivity index (χ0) is 9.14. The van der Waals surface area contributed by atoms with Gasteiger partial charge in [-0.05, 0) is 0 Å². The van der Waals surface area contributed by atoms with Gasteiger partial charge in [-0.15, -0.1) is 0 Å². The summed E-state index contributed by atoms with van der Waals surface area (Å²) in [4.78, 5) is 0. The number of hydrogen-bond donors (Lipinski definition) is 1. The number of methoxy groups -OCH3 is 1. The molecule has 0 aromatic heterocycles. The molecule has 0 spiro atoms. The molecule has 0 aliphatic carbocycles. The lowest BCUT2D eigenvalue weighted by Gasteiger charge is -2.19. The lowest BCUT2D eigenvalue weighted by Crippen LogP contribution is -2.41. The first-order valence-electron chi connectivity index (χ1n) is 4.26. The Morgan fingerprint density at radius 3 is 2.83 bits per heavy atom. The maximum absolute atomic E-state index is 5.34. The van der Waals surface area contributed by atoms with Crippen LogP contribution in [0, 0.1) is 0 Å². The Balaban J connectivity index is 2.46. The van der Waals surface area contributed by atoms with E-state index < -0.39 is 0 Å². The first-order chi connectivity index (χ1) is 5.63. The van der Waals surface area contributed by atoms with Crippen molar-refractivity contribution in [3.63, 3.8) is 0 Å². The average Bonchev–Trinajstić information content (AvgIpc) is 2.29. The van der Waals surface area contributed by atoms with Crippen LogP contribution in [0.5, 0.6) is 0 Å². The van der Waals surface area contributed by atoms with Crippen LogP contribution in [0.15, 0.2) is 12.3 Å². The summed E-state index contributed by atoms with van der Waals surface area (Å²) < 4.78 is 10.5. The van der Waals surface area contributed by atoms with Gasteiger partial charge in [-0.2, -0.15) is 0 Å². The molecule has 2 atom stereocenters. The first-order valence-corrected chi connectivity index (χ1v) is 4.26. The highest BCUT2D eigenvalue weighted by molar-refractivity contribution is 4.97. The predicted octanol–water partition coefficient (Wildman–Crippen LogP) is 1.26. The van der Waals surface area contributed by atoms with Gasteiger partial charge in [0.1, 0.15) is 0 Å². The Kier molecular flexibility index (Phi) is 3.12. The Bertz CT molecular complexity index is 168. The highest BCUT2D eigenvalue weighted by Gasteiger charge is 2.31. The van der Waals surface area contributed by atoms with Gasteiger partial charge in [-0.25, -0.2) is 0 Å². The second-order valence-corrected chi connectivity index (χ2v) is 3.39. The molecule has 0 saturated carbocycles. The molecule has 1 rings (SSSR count). The molecule has 0 amide bonds. The van der Waals surface area contributed by atoms with Crippen molar-refractivity contribution in [3.8, 4) is 0 Å². The molecule has 1 heterocycles. The average molecular weight is 171 g/mol. The van der Waals surface area contributed by atoms with Gasteiger partial charge in [0.05, 0.1) is 11.8 Å². The number of nitrogens with one attached hydrogen (secondary N) is 1. The molecule has 0 radical (unpaired) electrons. The summed E-state index contributed by atoms with van der Waals surface area (Å²) in [5.74, 6) is 0.806. The fourth-order valence-electron chi connectivity index (χ4n) is 1.41. The van der Waals surface area contributed by atoms with Gasteiger partial charge < -0.3 is 14.8 Å². The molecular weight excluding hydrogens is 154 g/mol. The fourth-order valence-corrected chi connectivity index (χ4v) is 1.41. The Labute approximate surface area is 73.7 Å². The number of rotatable bonds is 3. The second kappa shape index (κ2) is 3.92. The topological polar surface area (TPSA) is 30.5 Å². The van der Waals surface area contributed by atoms with Crippen LogP contribution in [-0.4, -0.2) is 25.5 Å². The number of ether oxygens (including phenoxy) is 2. The van der Waals surface area contributed by atoms with E-state index in [2.05, 4.69) is 25.7 Å². The molecule has 70 valence electrons. The van der Waals surface area contributed by atoms with E-state index >= 15 is 0 Å². The van der Waals surface area contributed by atoms with Crippen LogP contribution >= 0.6 is 0 Å². The van der Waals surface area contributed by atoms with Gasteiger partial charge in [-0.3, -0.25) is 0 Å². The maximum atomic E-state index is 5.34. The van der Waals surface area contributed by atoms with Crippen molar-refractivity contribution in [2.45, 2.75) is 38.6 Å². The minimum Gasteiger partial charge on any atom is -0.468 e. The fraction of sp³-hybridized carbons (Fsp3) is 0.778. The third kappa shape index (κ3) is 2.22. The van der Waals surface area contributed by atoms with Gasteiger partial charge in [0.25, 0.3) is 0 Å². The number of hydrogen-bond acceptors (Lipinski definition) is 3. The van der Waals surface area contributed by atoms with Crippen LogP contribution in [0.25, 0.3) is 0 Å². The molecule has 3 heteroatoms. The summed E-state index contributed by atoms with van der Waals surface area (Å²) >= 11 is 0. The van der Waals surface area contributed by atoms with Gasteiger partial charge in [0, 0.05) is 19.6 Å². The van der Waals surface area contributed by atoms with Crippen molar-refractivity contribution in [1.29, 1.82) is 0 Å². The third-order valence-electron chi connectivity index (χ3n) is 1.84. The van der Waals surface area contributed by atoms with E-state index in [0.29, 0.717) is 6.04 Å². The minimum atomic E-state index is -0.167. The smallest absolute Gasteiger partial charge is 0.215 e. The molecule has 1 fully saturated rings. The Morgan fingerprint density at radius 2 is 2.33 bits per heavy atom. The normalized spacial score (nSPS) is 29.5. The molecule has 1 aliphatic rings. The lowest BCUT2D eigenvalue weighted by molar-refractivity contribution is -0.0827. The maximum Gasteiger partial charge on any atom is 0.215 e. The van der Waals surface area contributed by atoms with E-state index in [-0.39, 0.29) is 12.3 Å². The zero-order valence-electron chi connectivity index (χ0n) is 7.96. The zero-order valence-corrected chi connectivity index (χ0v) is 7.96. The Hall–Kier alpha value is -0.540. The van der Waals surface area contributed by atoms with Crippen LogP contribution in [0.1, 0.15) is 20.3 Å². The summed E-state index contributed by atoms with van der Waals surface area (Å²) in [6.45, 7) is 7.98. The first kappa shape index (κ1) is 9.55. The molecule has 1 saturated heterocycles. The Morgan fingerprint density at radius 1 is 1.67 bits per heavy atom. The van der Waals surface area contributed by atoms with Gasteiger partial charge in [-0.1, -0.05) is 20.4 Å². The SMILES string of the molecule is C=C1CC(NC(C)C)C(OC)O1. The van der Waals surface area contributed by atoms with E-state index in [9.17, 15) is 0 Å². The van der Waals surface area contributed by atoms with Crippen molar-refractivity contribution in [1.82, 2.24) is 5.32 Å². The van der Waals surface area contributed by atoms with Crippen molar-refractivity contribution < 1.29 is 9.47 Å². The largest absolute Gasteiger partial charge is 0.468 e. The monoisotopic (exact) mass is 171 g/mol. The molecule has 0 aromatic rings. The van der Waals surface area contributed by atoms with Crippen LogP contribution in [0.3, 0.4) is 0 Å². The van der Waals surface area contributed by atoms with E-state index in [1.807, 2.05) is 0 Å². The van der Waals surface area contributed by atoms with E-state index in [0.717, 1.165) is 12.2 Å². The summed E-state index contributed by atoms with van der Waals surface area (Å²) in [5, 5.41) is 3.36. The second-order valence-electron chi connectivity index (χ2n) is 3.39. The molecule has 12 heavy (non-hydrogen) atoms. The summed E-state index contributed by atoms with van der Waals surface area (Å²) in [6.07, 6.45) is 0.677. The van der Waals surface area contributed by atoms with Gasteiger partial charge >= 0.3 is 0 Å². The van der Waals surface area contributed by atoms with Crippen LogP contribution in [0.2, 0.25) is 0 Å². The molecule has 2 unspecified atom stereocenters. The molecule has 1 N–H and O–H groups in total. The molecule has 1 aliphatic heterocycles. The van der Waals surface area contributed by atoms with Gasteiger partial charge in [0.15, 0.2) is 0 Å².